The topological polar surface area (TPSA) is 26.0 Å². The smallest absolute Gasteiger partial charge is 0.0356 e. The lowest BCUT2D eigenvalue weighted by Crippen LogP contribution is -2.28. The van der Waals surface area contributed by atoms with Crippen LogP contribution in [0.3, 0.4) is 0 Å². The summed E-state index contributed by atoms with van der Waals surface area (Å²) in [6.45, 7) is 7.33. The molecule has 50 valence electrons. The van der Waals surface area contributed by atoms with Crippen molar-refractivity contribution >= 4 is 0 Å². The quantitative estimate of drug-likeness (QED) is 0.438. The van der Waals surface area contributed by atoms with Gasteiger partial charge in [-0.05, 0) is 26.0 Å². The van der Waals surface area contributed by atoms with Gasteiger partial charge in [-0.3, -0.25) is 0 Å². The number of allylic oxidation sites excluding steroid dienone is 1. The second-order valence-corrected chi connectivity index (χ2v) is 2.53. The summed E-state index contributed by atoms with van der Waals surface area (Å²) in [5, 5.41) is 0. The van der Waals surface area contributed by atoms with Crippen LogP contribution in [-0.2, 0) is 0 Å². The van der Waals surface area contributed by atoms with Gasteiger partial charge in [0.25, 0.3) is 0 Å². The first-order valence-electron chi connectivity index (χ1n) is 2.90. The first kappa shape index (κ1) is 8.22. The van der Waals surface area contributed by atoms with Crippen molar-refractivity contribution in [3.05, 3.63) is 30.5 Å². The standard InChI is InChI=1S/C8H13N/c1-4-5-6-7-8(2,3)9/h4-5,7H,1,9H2,2-3H3. The molecule has 0 aliphatic rings. The molecule has 9 heavy (non-hydrogen) atoms. The summed E-state index contributed by atoms with van der Waals surface area (Å²) in [5.74, 6) is 0. The third-order valence-corrected chi connectivity index (χ3v) is 0.669. The van der Waals surface area contributed by atoms with Crippen LogP contribution in [0.15, 0.2) is 30.5 Å². The van der Waals surface area contributed by atoms with Gasteiger partial charge in [-0.2, -0.15) is 0 Å². The van der Waals surface area contributed by atoms with E-state index < -0.39 is 0 Å². The molecule has 0 aromatic rings. The first-order valence-corrected chi connectivity index (χ1v) is 2.90. The van der Waals surface area contributed by atoms with E-state index in [1.165, 1.54) is 0 Å². The Morgan fingerprint density at radius 2 is 2.11 bits per heavy atom. The van der Waals surface area contributed by atoms with Gasteiger partial charge in [0.05, 0.1) is 0 Å². The Hall–Kier alpha value is -0.780. The van der Waals surface area contributed by atoms with Crippen molar-refractivity contribution in [3.63, 3.8) is 0 Å². The van der Waals surface area contributed by atoms with Crippen LogP contribution in [0.1, 0.15) is 13.8 Å². The van der Waals surface area contributed by atoms with Crippen LogP contribution in [-0.4, -0.2) is 5.54 Å². The highest BCUT2D eigenvalue weighted by Gasteiger charge is 2.01. The Morgan fingerprint density at radius 1 is 1.56 bits per heavy atom. The van der Waals surface area contributed by atoms with Crippen molar-refractivity contribution < 1.29 is 0 Å². The van der Waals surface area contributed by atoms with Crippen molar-refractivity contribution in [1.82, 2.24) is 0 Å². The van der Waals surface area contributed by atoms with E-state index in [-0.39, 0.29) is 5.54 Å². The zero-order valence-electron chi connectivity index (χ0n) is 6.02. The largest absolute Gasteiger partial charge is 0.322 e. The van der Waals surface area contributed by atoms with Crippen molar-refractivity contribution in [3.8, 4) is 0 Å². The van der Waals surface area contributed by atoms with E-state index in [2.05, 4.69) is 12.3 Å². The lowest BCUT2D eigenvalue weighted by Gasteiger charge is -2.08. The molecule has 0 bridgehead atoms. The van der Waals surface area contributed by atoms with Gasteiger partial charge >= 0.3 is 0 Å². The van der Waals surface area contributed by atoms with Gasteiger partial charge in [-0.15, -0.1) is 5.73 Å². The molecule has 1 nitrogen and oxygen atoms in total. The molecule has 0 atom stereocenters. The summed E-state index contributed by atoms with van der Waals surface area (Å²) in [6, 6.07) is 0. The molecule has 0 amide bonds. The molecule has 0 aromatic heterocycles. The second kappa shape index (κ2) is 3.29. The summed E-state index contributed by atoms with van der Waals surface area (Å²) in [6.07, 6.45) is 5.20. The maximum Gasteiger partial charge on any atom is 0.0356 e. The lowest BCUT2D eigenvalue weighted by molar-refractivity contribution is 0.655. The predicted molar refractivity (Wildman–Crippen MR) is 41.1 cm³/mol. The van der Waals surface area contributed by atoms with Crippen LogP contribution in [0.2, 0.25) is 0 Å². The van der Waals surface area contributed by atoms with Crippen LogP contribution in [0.5, 0.6) is 0 Å². The highest BCUT2D eigenvalue weighted by atomic mass is 14.7. The highest BCUT2D eigenvalue weighted by Crippen LogP contribution is 1.95. The summed E-state index contributed by atoms with van der Waals surface area (Å²) in [7, 11) is 0. The van der Waals surface area contributed by atoms with E-state index in [1.807, 2.05) is 13.8 Å². The third kappa shape index (κ3) is 7.22. The molecule has 2 N–H and O–H groups in total. The normalized spacial score (nSPS) is 9.67. The van der Waals surface area contributed by atoms with E-state index >= 15 is 0 Å². The van der Waals surface area contributed by atoms with Gasteiger partial charge in [-0.1, -0.05) is 12.7 Å². The molecule has 0 saturated heterocycles. The molecule has 0 spiro atoms. The zero-order valence-corrected chi connectivity index (χ0v) is 6.02. The molecule has 0 rings (SSSR count). The molecular weight excluding hydrogens is 110 g/mol. The fourth-order valence-corrected chi connectivity index (χ4v) is 0.331. The van der Waals surface area contributed by atoms with E-state index in [4.69, 9.17) is 5.73 Å². The summed E-state index contributed by atoms with van der Waals surface area (Å²) in [4.78, 5) is 0. The van der Waals surface area contributed by atoms with Gasteiger partial charge < -0.3 is 5.73 Å². The molecule has 0 radical (unpaired) electrons. The van der Waals surface area contributed by atoms with Crippen molar-refractivity contribution in [2.45, 2.75) is 19.4 Å². The SMILES string of the molecule is C=CC=C=CC(C)(C)N. The fraction of sp³-hybridized carbons (Fsp3) is 0.375. The fourth-order valence-electron chi connectivity index (χ4n) is 0.331. The average molecular weight is 123 g/mol. The van der Waals surface area contributed by atoms with E-state index in [9.17, 15) is 0 Å². The van der Waals surface area contributed by atoms with Gasteiger partial charge in [0.2, 0.25) is 0 Å². The summed E-state index contributed by atoms with van der Waals surface area (Å²) < 4.78 is 0. The van der Waals surface area contributed by atoms with Gasteiger partial charge in [-0.25, -0.2) is 0 Å². The van der Waals surface area contributed by atoms with Gasteiger partial charge in [0.15, 0.2) is 0 Å². The Kier molecular flexibility index (Phi) is 3.00. The molecule has 0 aromatic carbocycles. The van der Waals surface area contributed by atoms with Crippen LogP contribution in [0.4, 0.5) is 0 Å². The van der Waals surface area contributed by atoms with E-state index in [0.29, 0.717) is 0 Å². The summed E-state index contributed by atoms with van der Waals surface area (Å²) in [5.41, 5.74) is 8.22. The van der Waals surface area contributed by atoms with Crippen molar-refractivity contribution in [1.29, 1.82) is 0 Å². The Labute approximate surface area is 56.6 Å². The minimum atomic E-state index is -0.264. The molecule has 0 heterocycles. The Balaban J connectivity index is 3.99. The monoisotopic (exact) mass is 123 g/mol. The number of rotatable bonds is 2. The molecule has 0 aliphatic carbocycles. The molecule has 0 unspecified atom stereocenters. The minimum Gasteiger partial charge on any atom is -0.322 e. The van der Waals surface area contributed by atoms with Crippen molar-refractivity contribution in [2.24, 2.45) is 5.73 Å². The Morgan fingerprint density at radius 3 is 2.44 bits per heavy atom. The van der Waals surface area contributed by atoms with Gasteiger partial charge in [0, 0.05) is 5.54 Å². The van der Waals surface area contributed by atoms with Crippen LogP contribution in [0.25, 0.3) is 0 Å². The number of hydrogen-bond acceptors (Lipinski definition) is 1. The molecule has 0 aliphatic heterocycles. The predicted octanol–water partition coefficient (Wildman–Crippen LogP) is 1.62. The summed E-state index contributed by atoms with van der Waals surface area (Å²) >= 11 is 0. The average Bonchev–Trinajstić information content (AvgIpc) is 1.63. The van der Waals surface area contributed by atoms with Crippen LogP contribution < -0.4 is 5.73 Å². The maximum absolute atomic E-state index is 5.60. The minimum absolute atomic E-state index is 0.264. The number of hydrogen-bond donors (Lipinski definition) is 1. The van der Waals surface area contributed by atoms with Gasteiger partial charge in [0.1, 0.15) is 0 Å². The molecule has 0 fully saturated rings. The molecule has 0 saturated carbocycles. The van der Waals surface area contributed by atoms with E-state index in [1.54, 1.807) is 18.2 Å². The van der Waals surface area contributed by atoms with Crippen LogP contribution >= 0.6 is 0 Å². The highest BCUT2D eigenvalue weighted by molar-refractivity contribution is 5.03. The molecule has 1 heteroatoms. The molecular formula is C8H13N. The maximum atomic E-state index is 5.60. The first-order chi connectivity index (χ1) is 4.06. The second-order valence-electron chi connectivity index (χ2n) is 2.53. The zero-order chi connectivity index (χ0) is 7.33. The number of nitrogens with two attached hydrogens (primary N) is 1. The third-order valence-electron chi connectivity index (χ3n) is 0.669. The van der Waals surface area contributed by atoms with Crippen LogP contribution in [0, 0.1) is 0 Å². The lowest BCUT2D eigenvalue weighted by atomic mass is 10.1. The van der Waals surface area contributed by atoms with Crippen molar-refractivity contribution in [2.75, 3.05) is 0 Å². The van der Waals surface area contributed by atoms with E-state index in [0.717, 1.165) is 0 Å². The Bertz CT molecular complexity index is 142.